The van der Waals surface area contributed by atoms with Crippen LogP contribution in [-0.2, 0) is 4.79 Å². The second kappa shape index (κ2) is 5.82. The molecule has 1 amide bonds. The summed E-state index contributed by atoms with van der Waals surface area (Å²) in [6, 6.07) is 12.0. The van der Waals surface area contributed by atoms with E-state index in [0.717, 1.165) is 0 Å². The third-order valence-corrected chi connectivity index (χ3v) is 4.07. The second-order valence-electron chi connectivity index (χ2n) is 5.30. The standard InChI is InChI=1S/C17H14ClN3O2/c1-10(14-6-12(18)3-2-11(14)8-19)21-15-5-4-13(20)7-16(15)23-9-17(21)22/h2-7,10H,9,20H2,1H3. The van der Waals surface area contributed by atoms with E-state index in [1.54, 1.807) is 41.3 Å². The van der Waals surface area contributed by atoms with Crippen molar-refractivity contribution in [2.24, 2.45) is 0 Å². The number of halogens is 1. The molecule has 116 valence electrons. The number of nitriles is 1. The van der Waals surface area contributed by atoms with E-state index in [1.807, 2.05) is 6.92 Å². The third-order valence-electron chi connectivity index (χ3n) is 3.83. The van der Waals surface area contributed by atoms with Crippen LogP contribution in [0.5, 0.6) is 5.75 Å². The fraction of sp³-hybridized carbons (Fsp3) is 0.176. The maximum atomic E-state index is 12.4. The lowest BCUT2D eigenvalue weighted by molar-refractivity contribution is -0.121. The molecule has 0 fully saturated rings. The van der Waals surface area contributed by atoms with Gasteiger partial charge in [0, 0.05) is 16.8 Å². The van der Waals surface area contributed by atoms with Crippen molar-refractivity contribution in [1.29, 1.82) is 5.26 Å². The largest absolute Gasteiger partial charge is 0.481 e. The number of anilines is 2. The first-order valence-electron chi connectivity index (χ1n) is 7.05. The number of fused-ring (bicyclic) bond motifs is 1. The molecule has 0 spiro atoms. The van der Waals surface area contributed by atoms with E-state index in [4.69, 9.17) is 22.1 Å². The number of hydrogen-bond donors (Lipinski definition) is 1. The lowest BCUT2D eigenvalue weighted by Gasteiger charge is -2.34. The fourth-order valence-corrected chi connectivity index (χ4v) is 2.91. The molecule has 0 saturated carbocycles. The van der Waals surface area contributed by atoms with E-state index in [-0.39, 0.29) is 18.6 Å². The number of nitrogens with two attached hydrogens (primary N) is 1. The minimum absolute atomic E-state index is 0.0662. The number of ether oxygens (including phenoxy) is 1. The van der Waals surface area contributed by atoms with Crippen LogP contribution in [0.25, 0.3) is 0 Å². The maximum absolute atomic E-state index is 12.4. The molecule has 0 saturated heterocycles. The van der Waals surface area contributed by atoms with Crippen molar-refractivity contribution in [3.8, 4) is 11.8 Å². The van der Waals surface area contributed by atoms with E-state index in [1.165, 1.54) is 0 Å². The second-order valence-corrected chi connectivity index (χ2v) is 5.74. The van der Waals surface area contributed by atoms with Crippen molar-refractivity contribution in [2.45, 2.75) is 13.0 Å². The van der Waals surface area contributed by atoms with E-state index in [0.29, 0.717) is 33.3 Å². The van der Waals surface area contributed by atoms with Crippen molar-refractivity contribution >= 4 is 28.9 Å². The van der Waals surface area contributed by atoms with Crippen molar-refractivity contribution < 1.29 is 9.53 Å². The van der Waals surface area contributed by atoms with Gasteiger partial charge >= 0.3 is 0 Å². The van der Waals surface area contributed by atoms with Crippen LogP contribution in [0.1, 0.15) is 24.1 Å². The van der Waals surface area contributed by atoms with E-state index in [2.05, 4.69) is 6.07 Å². The third kappa shape index (κ3) is 2.69. The zero-order valence-corrected chi connectivity index (χ0v) is 13.2. The Morgan fingerprint density at radius 3 is 2.87 bits per heavy atom. The Morgan fingerprint density at radius 2 is 2.13 bits per heavy atom. The van der Waals surface area contributed by atoms with E-state index >= 15 is 0 Å². The number of carbonyl (C=O) groups excluding carboxylic acids is 1. The van der Waals surface area contributed by atoms with Gasteiger partial charge < -0.3 is 10.5 Å². The highest BCUT2D eigenvalue weighted by molar-refractivity contribution is 6.30. The first-order chi connectivity index (χ1) is 11.0. The first kappa shape index (κ1) is 15.2. The molecule has 0 bridgehead atoms. The van der Waals surface area contributed by atoms with Gasteiger partial charge in [-0.2, -0.15) is 5.26 Å². The molecule has 6 heteroatoms. The summed E-state index contributed by atoms with van der Waals surface area (Å²) in [5.41, 5.74) is 8.14. The van der Waals surface area contributed by atoms with Crippen LogP contribution in [0.2, 0.25) is 5.02 Å². The van der Waals surface area contributed by atoms with Gasteiger partial charge in [0.25, 0.3) is 5.91 Å². The molecule has 1 aliphatic heterocycles. The summed E-state index contributed by atoms with van der Waals surface area (Å²) < 4.78 is 5.45. The predicted octanol–water partition coefficient (Wildman–Crippen LogP) is 3.28. The first-order valence-corrected chi connectivity index (χ1v) is 7.43. The van der Waals surface area contributed by atoms with Crippen molar-refractivity contribution in [1.82, 2.24) is 0 Å². The van der Waals surface area contributed by atoms with Crippen molar-refractivity contribution in [3.63, 3.8) is 0 Å². The highest BCUT2D eigenvalue weighted by Crippen LogP contribution is 2.39. The summed E-state index contributed by atoms with van der Waals surface area (Å²) in [5.74, 6) is 0.371. The van der Waals surface area contributed by atoms with Gasteiger partial charge in [0.2, 0.25) is 0 Å². The summed E-state index contributed by atoms with van der Waals surface area (Å²) in [6.45, 7) is 1.79. The van der Waals surface area contributed by atoms with Crippen LogP contribution in [0.3, 0.4) is 0 Å². The lowest BCUT2D eigenvalue weighted by Crippen LogP contribution is -2.40. The molecule has 1 atom stereocenters. The summed E-state index contributed by atoms with van der Waals surface area (Å²) in [4.78, 5) is 14.0. The SMILES string of the molecule is CC(c1cc(Cl)ccc1C#N)N1C(=O)COc2cc(N)ccc21. The Kier molecular flexibility index (Phi) is 3.85. The Balaban J connectivity index is 2.10. The highest BCUT2D eigenvalue weighted by atomic mass is 35.5. The van der Waals surface area contributed by atoms with Crippen LogP contribution in [0, 0.1) is 11.3 Å². The van der Waals surface area contributed by atoms with Crippen molar-refractivity contribution in [2.75, 3.05) is 17.2 Å². The summed E-state index contributed by atoms with van der Waals surface area (Å²) >= 11 is 6.06. The van der Waals surface area contributed by atoms with Gasteiger partial charge in [-0.25, -0.2) is 0 Å². The zero-order valence-electron chi connectivity index (χ0n) is 12.4. The molecule has 2 N–H and O–H groups in total. The highest BCUT2D eigenvalue weighted by Gasteiger charge is 2.31. The predicted molar refractivity (Wildman–Crippen MR) is 88.4 cm³/mol. The molecular weight excluding hydrogens is 314 g/mol. The molecule has 5 nitrogen and oxygen atoms in total. The minimum Gasteiger partial charge on any atom is -0.481 e. The molecule has 23 heavy (non-hydrogen) atoms. The smallest absolute Gasteiger partial charge is 0.265 e. The van der Waals surface area contributed by atoms with Crippen molar-refractivity contribution in [3.05, 3.63) is 52.5 Å². The van der Waals surface area contributed by atoms with Gasteiger partial charge in [-0.1, -0.05) is 11.6 Å². The average molecular weight is 328 g/mol. The molecular formula is C17H14ClN3O2. The van der Waals surface area contributed by atoms with Crippen LogP contribution < -0.4 is 15.4 Å². The van der Waals surface area contributed by atoms with Gasteiger partial charge in [0.15, 0.2) is 6.61 Å². The van der Waals surface area contributed by atoms with Crippen LogP contribution in [0.15, 0.2) is 36.4 Å². The normalized spacial score (nSPS) is 14.7. The Morgan fingerprint density at radius 1 is 1.35 bits per heavy atom. The van der Waals surface area contributed by atoms with E-state index in [9.17, 15) is 10.1 Å². The van der Waals surface area contributed by atoms with Gasteiger partial charge in [0.1, 0.15) is 5.75 Å². The minimum atomic E-state index is -0.359. The molecule has 3 rings (SSSR count). The number of amides is 1. The maximum Gasteiger partial charge on any atom is 0.265 e. The van der Waals surface area contributed by atoms with E-state index < -0.39 is 0 Å². The molecule has 0 aliphatic carbocycles. The number of benzene rings is 2. The molecule has 0 aromatic heterocycles. The van der Waals surface area contributed by atoms with Gasteiger partial charge in [-0.15, -0.1) is 0 Å². The molecule has 0 radical (unpaired) electrons. The van der Waals surface area contributed by atoms with Crippen LogP contribution in [-0.4, -0.2) is 12.5 Å². The summed E-state index contributed by atoms with van der Waals surface area (Å²) in [7, 11) is 0. The monoisotopic (exact) mass is 327 g/mol. The van der Waals surface area contributed by atoms with Crippen LogP contribution in [0.4, 0.5) is 11.4 Å². The molecule has 1 heterocycles. The molecule has 1 unspecified atom stereocenters. The molecule has 2 aromatic carbocycles. The van der Waals surface area contributed by atoms with Gasteiger partial charge in [0.05, 0.1) is 23.4 Å². The molecule has 2 aromatic rings. The molecule has 1 aliphatic rings. The van der Waals surface area contributed by atoms with Gasteiger partial charge in [-0.3, -0.25) is 9.69 Å². The summed E-state index contributed by atoms with van der Waals surface area (Å²) in [6.07, 6.45) is 0. The number of carbonyl (C=O) groups is 1. The quantitative estimate of drug-likeness (QED) is 0.858. The number of nitrogens with zero attached hydrogens (tertiary/aromatic N) is 2. The lowest BCUT2D eigenvalue weighted by atomic mass is 9.99. The summed E-state index contributed by atoms with van der Waals surface area (Å²) in [5, 5.41) is 9.83. The Bertz CT molecular complexity index is 829. The van der Waals surface area contributed by atoms with Crippen LogP contribution >= 0.6 is 11.6 Å². The Hall–Kier alpha value is -2.71. The number of hydrogen-bond acceptors (Lipinski definition) is 4. The topological polar surface area (TPSA) is 79.3 Å². The Labute approximate surface area is 138 Å². The average Bonchev–Trinajstić information content (AvgIpc) is 2.54. The fourth-order valence-electron chi connectivity index (χ4n) is 2.73. The van der Waals surface area contributed by atoms with Gasteiger partial charge in [-0.05, 0) is 42.8 Å². The number of rotatable bonds is 2. The zero-order chi connectivity index (χ0) is 16.6. The number of nitrogen functional groups attached to an aromatic ring is 1.